The first-order chi connectivity index (χ1) is 9.45. The third-order valence-corrected chi connectivity index (χ3v) is 4.32. The Kier molecular flexibility index (Phi) is 6.30. The molecule has 0 saturated carbocycles. The SMILES string of the molecule is CCOC(C)(CC)C(O)c1ccc(OC)c(Br)c1OC. The molecule has 0 bridgehead atoms. The van der Waals surface area contributed by atoms with Gasteiger partial charge < -0.3 is 19.3 Å². The van der Waals surface area contributed by atoms with E-state index in [0.29, 0.717) is 34.6 Å². The lowest BCUT2D eigenvalue weighted by atomic mass is 9.89. The molecule has 0 spiro atoms. The van der Waals surface area contributed by atoms with Gasteiger partial charge in [0, 0.05) is 12.2 Å². The van der Waals surface area contributed by atoms with Crippen LogP contribution in [-0.4, -0.2) is 31.5 Å². The fourth-order valence-corrected chi connectivity index (χ4v) is 2.85. The summed E-state index contributed by atoms with van der Waals surface area (Å²) < 4.78 is 17.1. The van der Waals surface area contributed by atoms with E-state index >= 15 is 0 Å². The zero-order valence-electron chi connectivity index (χ0n) is 12.7. The van der Waals surface area contributed by atoms with Gasteiger partial charge in [-0.15, -0.1) is 0 Å². The van der Waals surface area contributed by atoms with Gasteiger partial charge in [0.2, 0.25) is 0 Å². The van der Waals surface area contributed by atoms with E-state index in [1.165, 1.54) is 0 Å². The molecule has 20 heavy (non-hydrogen) atoms. The first kappa shape index (κ1) is 17.3. The molecule has 5 heteroatoms. The number of hydrogen-bond acceptors (Lipinski definition) is 4. The summed E-state index contributed by atoms with van der Waals surface area (Å²) in [5, 5.41) is 10.7. The Balaban J connectivity index is 3.28. The molecular weight excluding hydrogens is 324 g/mol. The maximum atomic E-state index is 10.7. The average Bonchev–Trinajstić information content (AvgIpc) is 2.46. The first-order valence-corrected chi connectivity index (χ1v) is 7.46. The van der Waals surface area contributed by atoms with Crippen molar-refractivity contribution in [2.45, 2.75) is 38.9 Å². The van der Waals surface area contributed by atoms with Gasteiger partial charge in [0.05, 0.1) is 19.8 Å². The first-order valence-electron chi connectivity index (χ1n) is 6.67. The van der Waals surface area contributed by atoms with Crippen molar-refractivity contribution >= 4 is 15.9 Å². The Morgan fingerprint density at radius 1 is 1.25 bits per heavy atom. The van der Waals surface area contributed by atoms with E-state index in [0.717, 1.165) is 0 Å². The van der Waals surface area contributed by atoms with Crippen molar-refractivity contribution in [3.63, 3.8) is 0 Å². The summed E-state index contributed by atoms with van der Waals surface area (Å²) in [4.78, 5) is 0. The molecule has 0 heterocycles. The number of aliphatic hydroxyl groups excluding tert-OH is 1. The van der Waals surface area contributed by atoms with Crippen molar-refractivity contribution in [3.05, 3.63) is 22.2 Å². The molecule has 1 aromatic carbocycles. The zero-order chi connectivity index (χ0) is 15.3. The van der Waals surface area contributed by atoms with Crippen molar-refractivity contribution in [3.8, 4) is 11.5 Å². The summed E-state index contributed by atoms with van der Waals surface area (Å²) in [6, 6.07) is 3.60. The number of rotatable bonds is 7. The summed E-state index contributed by atoms with van der Waals surface area (Å²) in [5.41, 5.74) is 0.0220. The highest BCUT2D eigenvalue weighted by Gasteiger charge is 2.35. The van der Waals surface area contributed by atoms with Crippen LogP contribution in [0.25, 0.3) is 0 Å². The van der Waals surface area contributed by atoms with Crippen LogP contribution in [0.1, 0.15) is 38.9 Å². The van der Waals surface area contributed by atoms with E-state index in [4.69, 9.17) is 14.2 Å². The normalized spacial score (nSPS) is 15.6. The van der Waals surface area contributed by atoms with Gasteiger partial charge in [-0.25, -0.2) is 0 Å². The molecule has 114 valence electrons. The molecule has 4 nitrogen and oxygen atoms in total. The zero-order valence-corrected chi connectivity index (χ0v) is 14.3. The highest BCUT2D eigenvalue weighted by atomic mass is 79.9. The number of methoxy groups -OCH3 is 2. The number of hydrogen-bond donors (Lipinski definition) is 1. The lowest BCUT2D eigenvalue weighted by Gasteiger charge is -2.34. The molecule has 0 amide bonds. The minimum absolute atomic E-state index is 0.543. The largest absolute Gasteiger partial charge is 0.495 e. The Morgan fingerprint density at radius 3 is 2.35 bits per heavy atom. The Labute approximate surface area is 129 Å². The second-order valence-electron chi connectivity index (χ2n) is 4.71. The topological polar surface area (TPSA) is 47.9 Å². The molecule has 0 radical (unpaired) electrons. The average molecular weight is 347 g/mol. The smallest absolute Gasteiger partial charge is 0.142 e. The van der Waals surface area contributed by atoms with Gasteiger partial charge in [-0.3, -0.25) is 0 Å². The van der Waals surface area contributed by atoms with Crippen LogP contribution in [0.5, 0.6) is 11.5 Å². The molecule has 0 aromatic heterocycles. The molecular formula is C15H23BrO4. The van der Waals surface area contributed by atoms with E-state index in [2.05, 4.69) is 15.9 Å². The van der Waals surface area contributed by atoms with Crippen LogP contribution in [0.3, 0.4) is 0 Å². The van der Waals surface area contributed by atoms with E-state index in [9.17, 15) is 5.11 Å². The van der Waals surface area contributed by atoms with Crippen LogP contribution < -0.4 is 9.47 Å². The van der Waals surface area contributed by atoms with Crippen molar-refractivity contribution in [1.29, 1.82) is 0 Å². The number of benzene rings is 1. The second kappa shape index (κ2) is 7.29. The van der Waals surface area contributed by atoms with Crippen LogP contribution >= 0.6 is 15.9 Å². The molecule has 0 aliphatic heterocycles. The lowest BCUT2D eigenvalue weighted by molar-refractivity contribution is -0.113. The van der Waals surface area contributed by atoms with Crippen molar-refractivity contribution in [2.24, 2.45) is 0 Å². The second-order valence-corrected chi connectivity index (χ2v) is 5.50. The van der Waals surface area contributed by atoms with E-state index in [1.54, 1.807) is 26.4 Å². The Hall–Kier alpha value is -0.780. The molecule has 0 aliphatic carbocycles. The Morgan fingerprint density at radius 2 is 1.90 bits per heavy atom. The summed E-state index contributed by atoms with van der Waals surface area (Å²) in [7, 11) is 3.16. The predicted molar refractivity (Wildman–Crippen MR) is 82.5 cm³/mol. The monoisotopic (exact) mass is 346 g/mol. The van der Waals surface area contributed by atoms with Gasteiger partial charge in [-0.1, -0.05) is 6.92 Å². The fourth-order valence-electron chi connectivity index (χ4n) is 2.17. The van der Waals surface area contributed by atoms with Gasteiger partial charge in [0.15, 0.2) is 0 Å². The van der Waals surface area contributed by atoms with Crippen molar-refractivity contribution in [2.75, 3.05) is 20.8 Å². The van der Waals surface area contributed by atoms with Gasteiger partial charge in [0.1, 0.15) is 22.1 Å². The lowest BCUT2D eigenvalue weighted by Crippen LogP contribution is -2.36. The van der Waals surface area contributed by atoms with E-state index in [-0.39, 0.29) is 0 Å². The van der Waals surface area contributed by atoms with Crippen molar-refractivity contribution in [1.82, 2.24) is 0 Å². The molecule has 0 saturated heterocycles. The third kappa shape index (κ3) is 3.27. The molecule has 0 fully saturated rings. The Bertz CT molecular complexity index is 450. The van der Waals surface area contributed by atoms with Crippen LogP contribution in [-0.2, 0) is 4.74 Å². The summed E-state index contributed by atoms with van der Waals surface area (Å²) in [6.45, 7) is 6.35. The summed E-state index contributed by atoms with van der Waals surface area (Å²) in [5.74, 6) is 1.23. The minimum Gasteiger partial charge on any atom is -0.495 e. The van der Waals surface area contributed by atoms with E-state index in [1.807, 2.05) is 20.8 Å². The highest BCUT2D eigenvalue weighted by molar-refractivity contribution is 9.10. The summed E-state index contributed by atoms with van der Waals surface area (Å²) >= 11 is 3.45. The predicted octanol–water partition coefficient (Wildman–Crippen LogP) is 3.70. The summed E-state index contributed by atoms with van der Waals surface area (Å²) in [6.07, 6.45) is -0.0981. The molecule has 0 aliphatic rings. The molecule has 1 rings (SSSR count). The number of ether oxygens (including phenoxy) is 3. The highest BCUT2D eigenvalue weighted by Crippen LogP contribution is 2.43. The van der Waals surface area contributed by atoms with Gasteiger partial charge in [-0.2, -0.15) is 0 Å². The fraction of sp³-hybridized carbons (Fsp3) is 0.600. The van der Waals surface area contributed by atoms with Gasteiger partial charge in [0.25, 0.3) is 0 Å². The van der Waals surface area contributed by atoms with Gasteiger partial charge >= 0.3 is 0 Å². The minimum atomic E-state index is -0.787. The van der Waals surface area contributed by atoms with Crippen molar-refractivity contribution < 1.29 is 19.3 Å². The number of halogens is 1. The molecule has 2 atom stereocenters. The van der Waals surface area contributed by atoms with Crippen LogP contribution in [0.15, 0.2) is 16.6 Å². The third-order valence-electron chi connectivity index (χ3n) is 3.57. The quantitative estimate of drug-likeness (QED) is 0.817. The molecule has 1 N–H and O–H groups in total. The maximum Gasteiger partial charge on any atom is 0.142 e. The van der Waals surface area contributed by atoms with Crippen LogP contribution in [0, 0.1) is 0 Å². The molecule has 2 unspecified atom stereocenters. The number of aliphatic hydroxyl groups is 1. The molecule has 1 aromatic rings. The van der Waals surface area contributed by atoms with Crippen LogP contribution in [0.2, 0.25) is 0 Å². The maximum absolute atomic E-state index is 10.7. The van der Waals surface area contributed by atoms with Gasteiger partial charge in [-0.05, 0) is 48.3 Å². The standard InChI is InChI=1S/C15H23BrO4/c1-6-15(3,20-7-2)14(17)10-8-9-11(18-4)12(16)13(10)19-5/h8-9,14,17H,6-7H2,1-5H3. The van der Waals surface area contributed by atoms with E-state index < -0.39 is 11.7 Å². The van der Waals surface area contributed by atoms with Crippen LogP contribution in [0.4, 0.5) is 0 Å².